The molecule has 2 aromatic rings. The number of para-hydroxylation sites is 1. The van der Waals surface area contributed by atoms with Crippen LogP contribution in [-0.4, -0.2) is 15.6 Å². The largest absolute Gasteiger partial charge is 0.327 e. The van der Waals surface area contributed by atoms with Crippen LogP contribution < -0.4 is 5.73 Å². The summed E-state index contributed by atoms with van der Waals surface area (Å²) in [7, 11) is 0. The first kappa shape index (κ1) is 13.0. The Morgan fingerprint density at radius 1 is 1.39 bits per heavy atom. The van der Waals surface area contributed by atoms with Crippen LogP contribution >= 0.6 is 0 Å². The summed E-state index contributed by atoms with van der Waals surface area (Å²) in [6.07, 6.45) is 1.58. The van der Waals surface area contributed by atoms with Crippen LogP contribution in [-0.2, 0) is 6.42 Å². The summed E-state index contributed by atoms with van der Waals surface area (Å²) in [5, 5.41) is 0. The van der Waals surface area contributed by atoms with E-state index in [0.717, 1.165) is 17.8 Å². The molecular formula is C14H20FN3. The van der Waals surface area contributed by atoms with Crippen LogP contribution in [0.15, 0.2) is 18.2 Å². The molecule has 18 heavy (non-hydrogen) atoms. The summed E-state index contributed by atoms with van der Waals surface area (Å²) in [5.41, 5.74) is 7.29. The Balaban J connectivity index is 2.58. The lowest BCUT2D eigenvalue weighted by atomic mass is 10.1. The lowest BCUT2D eigenvalue weighted by molar-refractivity contribution is 0.546. The molecule has 4 heteroatoms. The Labute approximate surface area is 107 Å². The van der Waals surface area contributed by atoms with Crippen molar-refractivity contribution in [2.45, 2.75) is 45.7 Å². The van der Waals surface area contributed by atoms with E-state index in [2.05, 4.69) is 23.4 Å². The van der Waals surface area contributed by atoms with E-state index in [1.807, 2.05) is 13.0 Å². The molecule has 0 fully saturated rings. The summed E-state index contributed by atoms with van der Waals surface area (Å²) in [4.78, 5) is 4.43. The SMILES string of the molecule is CCC(N)Cc1nc2c(F)cccc2n1C(C)C. The molecule has 3 nitrogen and oxygen atoms in total. The van der Waals surface area contributed by atoms with Crippen molar-refractivity contribution in [3.63, 3.8) is 0 Å². The molecule has 0 saturated heterocycles. The summed E-state index contributed by atoms with van der Waals surface area (Å²) >= 11 is 0. The van der Waals surface area contributed by atoms with Gasteiger partial charge in [-0.2, -0.15) is 0 Å². The molecule has 0 saturated carbocycles. The van der Waals surface area contributed by atoms with Crippen LogP contribution in [0.4, 0.5) is 4.39 Å². The summed E-state index contributed by atoms with van der Waals surface area (Å²) in [6.45, 7) is 6.20. The molecule has 0 spiro atoms. The number of nitrogens with two attached hydrogens (primary N) is 1. The molecule has 0 amide bonds. The minimum Gasteiger partial charge on any atom is -0.327 e. The second-order valence-corrected chi connectivity index (χ2v) is 4.97. The number of halogens is 1. The highest BCUT2D eigenvalue weighted by Crippen LogP contribution is 2.23. The first-order chi connectivity index (χ1) is 8.54. The van der Waals surface area contributed by atoms with E-state index >= 15 is 0 Å². The van der Waals surface area contributed by atoms with Crippen LogP contribution in [0.3, 0.4) is 0 Å². The van der Waals surface area contributed by atoms with Crippen LogP contribution in [0, 0.1) is 5.82 Å². The molecule has 1 unspecified atom stereocenters. The number of fused-ring (bicyclic) bond motifs is 1. The van der Waals surface area contributed by atoms with Gasteiger partial charge in [-0.25, -0.2) is 9.37 Å². The third-order valence-electron chi connectivity index (χ3n) is 3.23. The van der Waals surface area contributed by atoms with E-state index in [4.69, 9.17) is 5.73 Å². The third-order valence-corrected chi connectivity index (χ3v) is 3.23. The van der Waals surface area contributed by atoms with Gasteiger partial charge in [0, 0.05) is 18.5 Å². The second kappa shape index (κ2) is 5.06. The average molecular weight is 249 g/mol. The van der Waals surface area contributed by atoms with Gasteiger partial charge in [-0.05, 0) is 32.4 Å². The highest BCUT2D eigenvalue weighted by atomic mass is 19.1. The molecular weight excluding hydrogens is 229 g/mol. The van der Waals surface area contributed by atoms with Gasteiger partial charge in [-0.3, -0.25) is 0 Å². The highest BCUT2D eigenvalue weighted by molar-refractivity contribution is 5.76. The van der Waals surface area contributed by atoms with E-state index in [9.17, 15) is 4.39 Å². The molecule has 1 aromatic carbocycles. The number of aromatic nitrogens is 2. The number of nitrogens with zero attached hydrogens (tertiary/aromatic N) is 2. The maximum Gasteiger partial charge on any atom is 0.151 e. The van der Waals surface area contributed by atoms with Gasteiger partial charge in [-0.1, -0.05) is 13.0 Å². The first-order valence-corrected chi connectivity index (χ1v) is 6.45. The van der Waals surface area contributed by atoms with Gasteiger partial charge in [0.25, 0.3) is 0 Å². The zero-order valence-electron chi connectivity index (χ0n) is 11.2. The average Bonchev–Trinajstić information content (AvgIpc) is 2.68. The zero-order valence-corrected chi connectivity index (χ0v) is 11.2. The van der Waals surface area contributed by atoms with E-state index in [1.165, 1.54) is 6.07 Å². The van der Waals surface area contributed by atoms with Gasteiger partial charge < -0.3 is 10.3 Å². The van der Waals surface area contributed by atoms with Crippen molar-refractivity contribution in [3.05, 3.63) is 29.8 Å². The predicted molar refractivity (Wildman–Crippen MR) is 72.0 cm³/mol. The molecule has 0 aliphatic rings. The molecule has 0 aliphatic heterocycles. The number of hydrogen-bond acceptors (Lipinski definition) is 2. The maximum absolute atomic E-state index is 13.8. The van der Waals surface area contributed by atoms with Crippen molar-refractivity contribution >= 4 is 11.0 Å². The Hall–Kier alpha value is -1.42. The van der Waals surface area contributed by atoms with E-state index < -0.39 is 0 Å². The Morgan fingerprint density at radius 2 is 2.11 bits per heavy atom. The van der Waals surface area contributed by atoms with Crippen LogP contribution in [0.2, 0.25) is 0 Å². The number of rotatable bonds is 4. The predicted octanol–water partition coefficient (Wildman–Crippen LogP) is 3.04. The molecule has 2 rings (SSSR count). The Kier molecular flexibility index (Phi) is 3.66. The number of hydrogen-bond donors (Lipinski definition) is 1. The van der Waals surface area contributed by atoms with Crippen molar-refractivity contribution in [2.24, 2.45) is 5.73 Å². The van der Waals surface area contributed by atoms with Crippen molar-refractivity contribution in [1.82, 2.24) is 9.55 Å². The minimum atomic E-state index is -0.266. The molecule has 1 heterocycles. The Morgan fingerprint density at radius 3 is 2.72 bits per heavy atom. The van der Waals surface area contributed by atoms with Crippen LogP contribution in [0.5, 0.6) is 0 Å². The number of imidazole rings is 1. The summed E-state index contributed by atoms with van der Waals surface area (Å²) in [5.74, 6) is 0.609. The van der Waals surface area contributed by atoms with Crippen molar-refractivity contribution in [3.8, 4) is 0 Å². The maximum atomic E-state index is 13.8. The molecule has 0 radical (unpaired) electrons. The highest BCUT2D eigenvalue weighted by Gasteiger charge is 2.17. The van der Waals surface area contributed by atoms with Crippen molar-refractivity contribution in [1.29, 1.82) is 0 Å². The normalized spacial score (nSPS) is 13.4. The van der Waals surface area contributed by atoms with E-state index in [0.29, 0.717) is 11.9 Å². The molecule has 98 valence electrons. The second-order valence-electron chi connectivity index (χ2n) is 4.97. The van der Waals surface area contributed by atoms with Crippen molar-refractivity contribution < 1.29 is 4.39 Å². The van der Waals surface area contributed by atoms with Gasteiger partial charge in [0.1, 0.15) is 11.3 Å². The van der Waals surface area contributed by atoms with Crippen molar-refractivity contribution in [2.75, 3.05) is 0 Å². The van der Waals surface area contributed by atoms with Crippen LogP contribution in [0.1, 0.15) is 39.1 Å². The smallest absolute Gasteiger partial charge is 0.151 e. The van der Waals surface area contributed by atoms with E-state index in [-0.39, 0.29) is 17.9 Å². The fraction of sp³-hybridized carbons (Fsp3) is 0.500. The fourth-order valence-corrected chi connectivity index (χ4v) is 2.23. The van der Waals surface area contributed by atoms with Gasteiger partial charge in [0.15, 0.2) is 5.82 Å². The number of benzene rings is 1. The molecule has 0 aliphatic carbocycles. The van der Waals surface area contributed by atoms with Gasteiger partial charge in [0.2, 0.25) is 0 Å². The fourth-order valence-electron chi connectivity index (χ4n) is 2.23. The quantitative estimate of drug-likeness (QED) is 0.905. The molecule has 1 aromatic heterocycles. The summed E-state index contributed by atoms with van der Waals surface area (Å²) in [6, 6.07) is 5.40. The topological polar surface area (TPSA) is 43.8 Å². The summed E-state index contributed by atoms with van der Waals surface area (Å²) < 4.78 is 15.8. The van der Waals surface area contributed by atoms with Gasteiger partial charge in [0.05, 0.1) is 5.52 Å². The lowest BCUT2D eigenvalue weighted by Crippen LogP contribution is -2.24. The third kappa shape index (κ3) is 2.25. The molecule has 0 bridgehead atoms. The molecule has 2 N–H and O–H groups in total. The zero-order chi connectivity index (χ0) is 13.3. The standard InChI is InChI=1S/C14H20FN3/c1-4-10(16)8-13-17-14-11(15)6-5-7-12(14)18(13)9(2)3/h5-7,9-10H,4,8,16H2,1-3H3. The van der Waals surface area contributed by atoms with Gasteiger partial charge in [-0.15, -0.1) is 0 Å². The van der Waals surface area contributed by atoms with E-state index in [1.54, 1.807) is 6.07 Å². The monoisotopic (exact) mass is 249 g/mol. The lowest BCUT2D eigenvalue weighted by Gasteiger charge is -2.15. The van der Waals surface area contributed by atoms with Crippen LogP contribution in [0.25, 0.3) is 11.0 Å². The first-order valence-electron chi connectivity index (χ1n) is 6.45. The molecule has 1 atom stereocenters. The van der Waals surface area contributed by atoms with Gasteiger partial charge >= 0.3 is 0 Å². The minimum absolute atomic E-state index is 0.0716. The Bertz CT molecular complexity index is 545.